The van der Waals surface area contributed by atoms with Gasteiger partial charge in [0.15, 0.2) is 0 Å². The zero-order valence-electron chi connectivity index (χ0n) is 11.7. The van der Waals surface area contributed by atoms with Crippen molar-refractivity contribution in [1.82, 2.24) is 10.2 Å². The number of hydrogen-bond donors (Lipinski definition) is 1. The van der Waals surface area contributed by atoms with Crippen molar-refractivity contribution in [2.45, 2.75) is 26.2 Å². The van der Waals surface area contributed by atoms with E-state index in [0.717, 1.165) is 16.8 Å². The fourth-order valence-electron chi connectivity index (χ4n) is 1.98. The average molecular weight is 258 g/mol. The van der Waals surface area contributed by atoms with Gasteiger partial charge in [-0.25, -0.2) is 4.79 Å². The maximum absolute atomic E-state index is 11.4. The average Bonchev–Trinajstić information content (AvgIpc) is 2.87. The fraction of sp³-hybridized carbons (Fsp3) is 0.333. The Balaban J connectivity index is 2.39. The van der Waals surface area contributed by atoms with Gasteiger partial charge in [0, 0.05) is 16.7 Å². The number of nitrogens with zero attached hydrogens (tertiary/aromatic N) is 1. The summed E-state index contributed by atoms with van der Waals surface area (Å²) in [4.78, 5) is 11.4. The molecule has 1 N–H and O–H groups in total. The Labute approximate surface area is 112 Å². The molecule has 1 aromatic heterocycles. The summed E-state index contributed by atoms with van der Waals surface area (Å²) in [5.41, 5.74) is 3.72. The molecule has 0 bridgehead atoms. The van der Waals surface area contributed by atoms with Gasteiger partial charge in [0.05, 0.1) is 18.9 Å². The third kappa shape index (κ3) is 2.67. The molecule has 0 radical (unpaired) electrons. The van der Waals surface area contributed by atoms with E-state index in [1.54, 1.807) is 12.1 Å². The van der Waals surface area contributed by atoms with E-state index in [1.165, 1.54) is 7.11 Å². The minimum Gasteiger partial charge on any atom is -0.465 e. The van der Waals surface area contributed by atoms with Crippen molar-refractivity contribution in [2.24, 2.45) is 0 Å². The second-order valence-corrected chi connectivity index (χ2v) is 5.48. The van der Waals surface area contributed by atoms with Crippen LogP contribution < -0.4 is 0 Å². The van der Waals surface area contributed by atoms with Gasteiger partial charge in [-0.15, -0.1) is 0 Å². The van der Waals surface area contributed by atoms with Crippen molar-refractivity contribution < 1.29 is 9.53 Å². The van der Waals surface area contributed by atoms with Gasteiger partial charge in [0.1, 0.15) is 0 Å². The first-order valence-corrected chi connectivity index (χ1v) is 6.16. The zero-order chi connectivity index (χ0) is 14.0. The highest BCUT2D eigenvalue weighted by molar-refractivity contribution is 5.90. The molecule has 0 saturated heterocycles. The topological polar surface area (TPSA) is 55.0 Å². The number of nitrogens with one attached hydrogen (secondary N) is 1. The van der Waals surface area contributed by atoms with Gasteiger partial charge in [-0.1, -0.05) is 32.9 Å². The molecular formula is C15H18N2O2. The number of rotatable bonds is 2. The number of carbonyl (C=O) groups excluding carboxylic acids is 1. The number of ether oxygens (including phenoxy) is 1. The van der Waals surface area contributed by atoms with Gasteiger partial charge < -0.3 is 4.74 Å². The Kier molecular flexibility index (Phi) is 3.42. The van der Waals surface area contributed by atoms with Crippen LogP contribution >= 0.6 is 0 Å². The van der Waals surface area contributed by atoms with Crippen molar-refractivity contribution in [3.63, 3.8) is 0 Å². The second kappa shape index (κ2) is 4.88. The van der Waals surface area contributed by atoms with Gasteiger partial charge >= 0.3 is 5.97 Å². The predicted octanol–water partition coefficient (Wildman–Crippen LogP) is 3.16. The summed E-state index contributed by atoms with van der Waals surface area (Å²) >= 11 is 0. The van der Waals surface area contributed by atoms with E-state index in [-0.39, 0.29) is 11.4 Å². The lowest BCUT2D eigenvalue weighted by atomic mass is 9.87. The molecule has 0 saturated carbocycles. The van der Waals surface area contributed by atoms with Crippen LogP contribution in [0.3, 0.4) is 0 Å². The largest absolute Gasteiger partial charge is 0.465 e. The minimum atomic E-state index is -0.324. The van der Waals surface area contributed by atoms with Crippen LogP contribution in [0.15, 0.2) is 30.5 Å². The number of H-pyrrole nitrogens is 1. The van der Waals surface area contributed by atoms with E-state index in [0.29, 0.717) is 5.56 Å². The molecule has 1 aromatic carbocycles. The van der Waals surface area contributed by atoms with Crippen LogP contribution in [0.2, 0.25) is 0 Å². The van der Waals surface area contributed by atoms with Crippen LogP contribution in [0.4, 0.5) is 0 Å². The third-order valence-corrected chi connectivity index (χ3v) is 3.01. The number of esters is 1. The van der Waals surface area contributed by atoms with Gasteiger partial charge in [-0.3, -0.25) is 5.10 Å². The van der Waals surface area contributed by atoms with Crippen LogP contribution in [-0.2, 0) is 10.2 Å². The van der Waals surface area contributed by atoms with Crippen LogP contribution in [-0.4, -0.2) is 23.3 Å². The van der Waals surface area contributed by atoms with Gasteiger partial charge in [0.2, 0.25) is 0 Å². The van der Waals surface area contributed by atoms with E-state index < -0.39 is 0 Å². The molecule has 100 valence electrons. The lowest BCUT2D eigenvalue weighted by Crippen LogP contribution is -2.13. The summed E-state index contributed by atoms with van der Waals surface area (Å²) in [6.07, 6.45) is 1.81. The van der Waals surface area contributed by atoms with Crippen molar-refractivity contribution >= 4 is 5.97 Å². The standard InChI is InChI=1S/C15H18N2O2/c1-15(2,3)13-12(9-16-17-13)10-5-7-11(8-6-10)14(18)19-4/h5-9H,1-4H3,(H,16,17). The van der Waals surface area contributed by atoms with Crippen LogP contribution in [0, 0.1) is 0 Å². The molecule has 1 heterocycles. The summed E-state index contributed by atoms with van der Waals surface area (Å²) in [5, 5.41) is 7.17. The molecular weight excluding hydrogens is 240 g/mol. The third-order valence-electron chi connectivity index (χ3n) is 3.01. The first-order valence-electron chi connectivity index (χ1n) is 6.16. The lowest BCUT2D eigenvalue weighted by Gasteiger charge is -2.18. The predicted molar refractivity (Wildman–Crippen MR) is 74.1 cm³/mol. The highest BCUT2D eigenvalue weighted by Gasteiger charge is 2.20. The minimum absolute atomic E-state index is 0.00709. The first-order chi connectivity index (χ1) is 8.93. The Bertz CT molecular complexity index is 577. The van der Waals surface area contributed by atoms with Crippen LogP contribution in [0.25, 0.3) is 11.1 Å². The number of methoxy groups -OCH3 is 1. The quantitative estimate of drug-likeness (QED) is 0.842. The summed E-state index contributed by atoms with van der Waals surface area (Å²) in [6.45, 7) is 6.40. The molecule has 0 amide bonds. The normalized spacial score (nSPS) is 11.4. The summed E-state index contributed by atoms with van der Waals surface area (Å²) < 4.78 is 4.69. The Morgan fingerprint density at radius 2 is 1.84 bits per heavy atom. The number of carbonyl (C=O) groups is 1. The van der Waals surface area contributed by atoms with E-state index in [9.17, 15) is 4.79 Å². The highest BCUT2D eigenvalue weighted by atomic mass is 16.5. The lowest BCUT2D eigenvalue weighted by molar-refractivity contribution is 0.0601. The monoisotopic (exact) mass is 258 g/mol. The van der Waals surface area contributed by atoms with Crippen molar-refractivity contribution in [3.8, 4) is 11.1 Å². The SMILES string of the molecule is COC(=O)c1ccc(-c2cn[nH]c2C(C)(C)C)cc1. The maximum atomic E-state index is 11.4. The molecule has 2 aromatic rings. The maximum Gasteiger partial charge on any atom is 0.337 e. The van der Waals surface area contributed by atoms with Gasteiger partial charge in [-0.2, -0.15) is 5.10 Å². The smallest absolute Gasteiger partial charge is 0.337 e. The van der Waals surface area contributed by atoms with E-state index in [4.69, 9.17) is 0 Å². The van der Waals surface area contributed by atoms with Gasteiger partial charge in [0.25, 0.3) is 0 Å². The number of hydrogen-bond acceptors (Lipinski definition) is 3. The van der Waals surface area contributed by atoms with Crippen molar-refractivity contribution in [2.75, 3.05) is 7.11 Å². The number of aromatic amines is 1. The summed E-state index contributed by atoms with van der Waals surface area (Å²) in [7, 11) is 1.38. The highest BCUT2D eigenvalue weighted by Crippen LogP contribution is 2.31. The molecule has 0 fully saturated rings. The van der Waals surface area contributed by atoms with E-state index in [1.807, 2.05) is 18.3 Å². The zero-order valence-corrected chi connectivity index (χ0v) is 11.7. The molecule has 4 heteroatoms. The summed E-state index contributed by atoms with van der Waals surface area (Å²) in [5.74, 6) is -0.324. The molecule has 4 nitrogen and oxygen atoms in total. The fourth-order valence-corrected chi connectivity index (χ4v) is 1.98. The van der Waals surface area contributed by atoms with Gasteiger partial charge in [-0.05, 0) is 17.7 Å². The number of benzene rings is 1. The van der Waals surface area contributed by atoms with Crippen molar-refractivity contribution in [1.29, 1.82) is 0 Å². The number of aromatic nitrogens is 2. The molecule has 0 spiro atoms. The molecule has 0 unspecified atom stereocenters. The Hall–Kier alpha value is -2.10. The van der Waals surface area contributed by atoms with Crippen LogP contribution in [0.5, 0.6) is 0 Å². The molecule has 19 heavy (non-hydrogen) atoms. The summed E-state index contributed by atoms with van der Waals surface area (Å²) in [6, 6.07) is 7.35. The molecule has 0 aliphatic rings. The van der Waals surface area contributed by atoms with E-state index >= 15 is 0 Å². The molecule has 2 rings (SSSR count). The van der Waals surface area contributed by atoms with E-state index in [2.05, 4.69) is 35.7 Å². The Morgan fingerprint density at radius 1 is 1.21 bits per heavy atom. The molecule has 0 atom stereocenters. The first kappa shape index (κ1) is 13.3. The molecule has 0 aliphatic carbocycles. The van der Waals surface area contributed by atoms with Crippen molar-refractivity contribution in [3.05, 3.63) is 41.7 Å². The van der Waals surface area contributed by atoms with Crippen LogP contribution in [0.1, 0.15) is 36.8 Å². The molecule has 0 aliphatic heterocycles. The second-order valence-electron chi connectivity index (χ2n) is 5.48. The Morgan fingerprint density at radius 3 is 2.37 bits per heavy atom.